The van der Waals surface area contributed by atoms with E-state index >= 15 is 0 Å². The van der Waals surface area contributed by atoms with Crippen molar-refractivity contribution in [3.05, 3.63) is 22.6 Å². The zero-order valence-corrected chi connectivity index (χ0v) is 11.4. The standard InChI is InChI=1S/C12H15FN4S/c1-4-5-14-10-9(13)8(3)16-11(17-10)12-15-7(2)6-18-12/h6H,4-5H2,1-3H3,(H,14,16,17). The molecule has 2 rings (SSSR count). The second-order valence-corrected chi connectivity index (χ2v) is 4.87. The van der Waals surface area contributed by atoms with Crippen LogP contribution in [0.4, 0.5) is 10.2 Å². The van der Waals surface area contributed by atoms with Gasteiger partial charge >= 0.3 is 0 Å². The normalized spacial score (nSPS) is 10.7. The number of aromatic nitrogens is 3. The minimum atomic E-state index is -0.388. The van der Waals surface area contributed by atoms with Gasteiger partial charge in [-0.25, -0.2) is 19.3 Å². The van der Waals surface area contributed by atoms with Crippen molar-refractivity contribution in [3.63, 3.8) is 0 Å². The molecule has 0 aliphatic carbocycles. The summed E-state index contributed by atoms with van der Waals surface area (Å²) in [7, 11) is 0. The van der Waals surface area contributed by atoms with E-state index in [1.807, 2.05) is 19.2 Å². The molecule has 4 nitrogen and oxygen atoms in total. The second-order valence-electron chi connectivity index (χ2n) is 4.02. The van der Waals surface area contributed by atoms with E-state index in [1.54, 1.807) is 6.92 Å². The van der Waals surface area contributed by atoms with Gasteiger partial charge in [-0.15, -0.1) is 11.3 Å². The van der Waals surface area contributed by atoms with Gasteiger partial charge in [0.15, 0.2) is 22.5 Å². The van der Waals surface area contributed by atoms with E-state index in [0.29, 0.717) is 18.1 Å². The van der Waals surface area contributed by atoms with E-state index in [-0.39, 0.29) is 11.6 Å². The molecule has 0 unspecified atom stereocenters. The lowest BCUT2D eigenvalue weighted by Crippen LogP contribution is -2.08. The summed E-state index contributed by atoms with van der Waals surface area (Å²) in [6.07, 6.45) is 0.911. The largest absolute Gasteiger partial charge is 0.368 e. The maximum absolute atomic E-state index is 13.8. The molecule has 2 aromatic heterocycles. The lowest BCUT2D eigenvalue weighted by atomic mass is 10.3. The highest BCUT2D eigenvalue weighted by Gasteiger charge is 2.14. The minimum absolute atomic E-state index is 0.257. The number of hydrogen-bond acceptors (Lipinski definition) is 5. The van der Waals surface area contributed by atoms with Crippen LogP contribution in [0.3, 0.4) is 0 Å². The van der Waals surface area contributed by atoms with Gasteiger partial charge in [0.25, 0.3) is 0 Å². The van der Waals surface area contributed by atoms with Gasteiger partial charge in [0, 0.05) is 17.6 Å². The molecule has 6 heteroatoms. The molecule has 1 N–H and O–H groups in total. The summed E-state index contributed by atoms with van der Waals surface area (Å²) in [5.41, 5.74) is 1.26. The van der Waals surface area contributed by atoms with Crippen LogP contribution in [0, 0.1) is 19.7 Å². The van der Waals surface area contributed by atoms with E-state index in [4.69, 9.17) is 0 Å². The number of nitrogens with zero attached hydrogens (tertiary/aromatic N) is 3. The fourth-order valence-corrected chi connectivity index (χ4v) is 2.20. The van der Waals surface area contributed by atoms with Crippen molar-refractivity contribution in [2.24, 2.45) is 0 Å². The Morgan fingerprint density at radius 3 is 2.67 bits per heavy atom. The van der Waals surface area contributed by atoms with E-state index < -0.39 is 0 Å². The highest BCUT2D eigenvalue weighted by Crippen LogP contribution is 2.23. The van der Waals surface area contributed by atoms with Crippen molar-refractivity contribution >= 4 is 17.2 Å². The zero-order chi connectivity index (χ0) is 13.1. The Morgan fingerprint density at radius 1 is 1.28 bits per heavy atom. The average Bonchev–Trinajstić information content (AvgIpc) is 2.77. The molecule has 0 aliphatic heterocycles. The van der Waals surface area contributed by atoms with Gasteiger partial charge in [0.2, 0.25) is 0 Å². The average molecular weight is 266 g/mol. The van der Waals surface area contributed by atoms with Crippen molar-refractivity contribution < 1.29 is 4.39 Å². The summed E-state index contributed by atoms with van der Waals surface area (Å²) in [6.45, 7) is 6.25. The summed E-state index contributed by atoms with van der Waals surface area (Å²) in [4.78, 5) is 12.7. The highest BCUT2D eigenvalue weighted by atomic mass is 32.1. The molecule has 2 aromatic rings. The SMILES string of the molecule is CCCNc1nc(-c2nc(C)cs2)nc(C)c1F. The van der Waals surface area contributed by atoms with Crippen molar-refractivity contribution in [2.75, 3.05) is 11.9 Å². The maximum Gasteiger partial charge on any atom is 0.191 e. The lowest BCUT2D eigenvalue weighted by molar-refractivity contribution is 0.605. The van der Waals surface area contributed by atoms with Crippen LogP contribution < -0.4 is 5.32 Å². The monoisotopic (exact) mass is 266 g/mol. The van der Waals surface area contributed by atoms with Gasteiger partial charge in [-0.3, -0.25) is 0 Å². The van der Waals surface area contributed by atoms with Gasteiger partial charge in [-0.1, -0.05) is 6.92 Å². The van der Waals surface area contributed by atoms with Crippen LogP contribution in [-0.4, -0.2) is 21.5 Å². The molecule has 0 amide bonds. The maximum atomic E-state index is 13.8. The molecule has 96 valence electrons. The van der Waals surface area contributed by atoms with Crippen LogP contribution in [0.25, 0.3) is 10.8 Å². The molecular weight excluding hydrogens is 251 g/mol. The van der Waals surface area contributed by atoms with Gasteiger partial charge in [-0.2, -0.15) is 0 Å². The minimum Gasteiger partial charge on any atom is -0.368 e. The summed E-state index contributed by atoms with van der Waals surface area (Å²) in [6, 6.07) is 0. The Hall–Kier alpha value is -1.56. The third-order valence-electron chi connectivity index (χ3n) is 2.37. The molecule has 0 atom stereocenters. The first kappa shape index (κ1) is 12.9. The third kappa shape index (κ3) is 2.64. The van der Waals surface area contributed by atoms with Crippen LogP contribution in [0.1, 0.15) is 24.7 Å². The first-order valence-corrected chi connectivity index (χ1v) is 6.70. The molecule has 18 heavy (non-hydrogen) atoms. The molecule has 2 heterocycles. The second kappa shape index (κ2) is 5.39. The van der Waals surface area contributed by atoms with Crippen LogP contribution in [-0.2, 0) is 0 Å². The smallest absolute Gasteiger partial charge is 0.191 e. The fraction of sp³-hybridized carbons (Fsp3) is 0.417. The predicted molar refractivity (Wildman–Crippen MR) is 71.4 cm³/mol. The van der Waals surface area contributed by atoms with Crippen LogP contribution in [0.15, 0.2) is 5.38 Å². The first-order chi connectivity index (χ1) is 8.61. The molecule has 0 bridgehead atoms. The topological polar surface area (TPSA) is 50.7 Å². The molecule has 0 saturated heterocycles. The van der Waals surface area contributed by atoms with Gasteiger partial charge < -0.3 is 5.32 Å². The zero-order valence-electron chi connectivity index (χ0n) is 10.6. The van der Waals surface area contributed by atoms with Crippen LogP contribution in [0.2, 0.25) is 0 Å². The number of rotatable bonds is 4. The molecule has 0 spiro atoms. The molecule has 0 saturated carbocycles. The number of thiazole rings is 1. The van der Waals surface area contributed by atoms with Gasteiger partial charge in [0.1, 0.15) is 0 Å². The molecule has 0 radical (unpaired) electrons. The number of hydrogen-bond donors (Lipinski definition) is 1. The van der Waals surface area contributed by atoms with Crippen molar-refractivity contribution in [1.82, 2.24) is 15.0 Å². The highest BCUT2D eigenvalue weighted by molar-refractivity contribution is 7.13. The van der Waals surface area contributed by atoms with E-state index in [9.17, 15) is 4.39 Å². The van der Waals surface area contributed by atoms with E-state index in [0.717, 1.165) is 17.1 Å². The number of aryl methyl sites for hydroxylation is 2. The van der Waals surface area contributed by atoms with Crippen molar-refractivity contribution in [3.8, 4) is 10.8 Å². The Morgan fingerprint density at radius 2 is 2.06 bits per heavy atom. The molecular formula is C12H15FN4S. The van der Waals surface area contributed by atoms with E-state index in [1.165, 1.54) is 11.3 Å². The fourth-order valence-electron chi connectivity index (χ4n) is 1.47. The molecule has 0 fully saturated rings. The van der Waals surface area contributed by atoms with Gasteiger partial charge in [-0.05, 0) is 20.3 Å². The summed E-state index contributed by atoms with van der Waals surface area (Å²) in [5, 5.41) is 5.62. The predicted octanol–water partition coefficient (Wildman–Crippen LogP) is 3.18. The Kier molecular flexibility index (Phi) is 3.86. The Balaban J connectivity index is 2.40. The number of anilines is 1. The molecule has 0 aliphatic rings. The first-order valence-electron chi connectivity index (χ1n) is 5.82. The third-order valence-corrected chi connectivity index (χ3v) is 3.33. The van der Waals surface area contributed by atoms with Crippen molar-refractivity contribution in [2.45, 2.75) is 27.2 Å². The van der Waals surface area contributed by atoms with E-state index in [2.05, 4.69) is 20.3 Å². The van der Waals surface area contributed by atoms with Crippen molar-refractivity contribution in [1.29, 1.82) is 0 Å². The summed E-state index contributed by atoms with van der Waals surface area (Å²) >= 11 is 1.46. The summed E-state index contributed by atoms with van der Waals surface area (Å²) < 4.78 is 13.8. The lowest BCUT2D eigenvalue weighted by Gasteiger charge is -2.08. The van der Waals surface area contributed by atoms with Crippen LogP contribution >= 0.6 is 11.3 Å². The quantitative estimate of drug-likeness (QED) is 0.923. The molecule has 0 aromatic carbocycles. The summed E-state index contributed by atoms with van der Waals surface area (Å²) in [5.74, 6) is 0.346. The van der Waals surface area contributed by atoms with Gasteiger partial charge in [0.05, 0.1) is 5.69 Å². The van der Waals surface area contributed by atoms with Crippen LogP contribution in [0.5, 0.6) is 0 Å². The Labute approximate surface area is 109 Å². The Bertz CT molecular complexity index is 553. The number of halogens is 1. The number of nitrogens with one attached hydrogen (secondary N) is 1.